The summed E-state index contributed by atoms with van der Waals surface area (Å²) in [5.41, 5.74) is 0.146. The Bertz CT molecular complexity index is 440. The van der Waals surface area contributed by atoms with Gasteiger partial charge in [0, 0.05) is 6.42 Å². The van der Waals surface area contributed by atoms with Gasteiger partial charge in [-0.15, -0.1) is 6.58 Å². The molecule has 0 amide bonds. The molecule has 0 bridgehead atoms. The van der Waals surface area contributed by atoms with E-state index >= 15 is 0 Å². The molecule has 0 saturated carbocycles. The zero-order chi connectivity index (χ0) is 13.8. The van der Waals surface area contributed by atoms with Gasteiger partial charge in [-0.1, -0.05) is 18.2 Å². The zero-order valence-corrected chi connectivity index (χ0v) is 9.21. The van der Waals surface area contributed by atoms with Gasteiger partial charge in [0.05, 0.1) is 0 Å². The molecule has 0 spiro atoms. The van der Waals surface area contributed by atoms with Crippen LogP contribution in [0.25, 0.3) is 0 Å². The van der Waals surface area contributed by atoms with Gasteiger partial charge in [0.1, 0.15) is 11.9 Å². The van der Waals surface area contributed by atoms with Crippen LogP contribution in [0.15, 0.2) is 36.9 Å². The van der Waals surface area contributed by atoms with E-state index < -0.39 is 24.1 Å². The average molecular weight is 262 g/mol. The predicted octanol–water partition coefficient (Wildman–Crippen LogP) is 3.55. The summed E-state index contributed by atoms with van der Waals surface area (Å²) in [5.74, 6) is -2.93. The van der Waals surface area contributed by atoms with Crippen LogP contribution < -0.4 is 0 Å². The first-order chi connectivity index (χ1) is 8.34. The number of benzene rings is 1. The van der Waals surface area contributed by atoms with Crippen molar-refractivity contribution in [1.82, 2.24) is 0 Å². The number of halogens is 4. The maximum absolute atomic E-state index is 13.0. The topological polar surface area (TPSA) is 26.3 Å². The standard InChI is InChI=1S/C12H10F4O2/c1-2-4-10(18-11(17)12(14,15)16)8-5-3-6-9(13)7-8/h2-3,5-7,10H,1,4H2. The molecule has 0 fully saturated rings. The summed E-state index contributed by atoms with van der Waals surface area (Å²) < 4.78 is 53.5. The van der Waals surface area contributed by atoms with Crippen molar-refractivity contribution < 1.29 is 27.1 Å². The largest absolute Gasteiger partial charge is 0.490 e. The molecule has 1 atom stereocenters. The van der Waals surface area contributed by atoms with Gasteiger partial charge in [-0.2, -0.15) is 13.2 Å². The van der Waals surface area contributed by atoms with Gasteiger partial charge >= 0.3 is 12.1 Å². The van der Waals surface area contributed by atoms with Crippen molar-refractivity contribution in [2.24, 2.45) is 0 Å². The van der Waals surface area contributed by atoms with Gasteiger partial charge in [0.15, 0.2) is 0 Å². The highest BCUT2D eigenvalue weighted by atomic mass is 19.4. The number of alkyl halides is 3. The summed E-state index contributed by atoms with van der Waals surface area (Å²) in [6.07, 6.45) is -5.02. The molecule has 0 N–H and O–H groups in total. The number of carbonyl (C=O) groups is 1. The lowest BCUT2D eigenvalue weighted by atomic mass is 10.1. The minimum Gasteiger partial charge on any atom is -0.451 e. The van der Waals surface area contributed by atoms with Crippen molar-refractivity contribution in [3.05, 3.63) is 48.3 Å². The van der Waals surface area contributed by atoms with Crippen LogP contribution in [0, 0.1) is 5.82 Å². The molecule has 6 heteroatoms. The Morgan fingerprint density at radius 3 is 2.61 bits per heavy atom. The molecule has 18 heavy (non-hydrogen) atoms. The van der Waals surface area contributed by atoms with Crippen molar-refractivity contribution in [2.75, 3.05) is 0 Å². The SMILES string of the molecule is C=CCC(OC(=O)C(F)(F)F)c1cccc(F)c1. The van der Waals surface area contributed by atoms with E-state index in [2.05, 4.69) is 11.3 Å². The highest BCUT2D eigenvalue weighted by Crippen LogP contribution is 2.26. The summed E-state index contributed by atoms with van der Waals surface area (Å²) in [7, 11) is 0. The average Bonchev–Trinajstić information content (AvgIpc) is 2.27. The first-order valence-corrected chi connectivity index (χ1v) is 4.98. The van der Waals surface area contributed by atoms with E-state index in [9.17, 15) is 22.4 Å². The lowest BCUT2D eigenvalue weighted by Crippen LogP contribution is -2.27. The van der Waals surface area contributed by atoms with Crippen molar-refractivity contribution in [3.8, 4) is 0 Å². The second kappa shape index (κ2) is 5.66. The molecular weight excluding hydrogens is 252 g/mol. The highest BCUT2D eigenvalue weighted by molar-refractivity contribution is 5.75. The fourth-order valence-electron chi connectivity index (χ4n) is 1.31. The second-order valence-corrected chi connectivity index (χ2v) is 3.47. The van der Waals surface area contributed by atoms with Gasteiger partial charge in [0.2, 0.25) is 0 Å². The Kier molecular flexibility index (Phi) is 4.47. The van der Waals surface area contributed by atoms with E-state index in [1.165, 1.54) is 18.2 Å². The molecular formula is C12H10F4O2. The predicted molar refractivity (Wildman–Crippen MR) is 56.1 cm³/mol. The summed E-state index contributed by atoms with van der Waals surface area (Å²) in [6.45, 7) is 3.35. The molecule has 98 valence electrons. The fourth-order valence-corrected chi connectivity index (χ4v) is 1.31. The van der Waals surface area contributed by atoms with Gasteiger partial charge in [-0.05, 0) is 17.7 Å². The van der Waals surface area contributed by atoms with E-state index in [0.29, 0.717) is 0 Å². The lowest BCUT2D eigenvalue weighted by molar-refractivity contribution is -0.205. The van der Waals surface area contributed by atoms with E-state index in [4.69, 9.17) is 0 Å². The zero-order valence-electron chi connectivity index (χ0n) is 9.21. The van der Waals surface area contributed by atoms with E-state index in [-0.39, 0.29) is 12.0 Å². The lowest BCUT2D eigenvalue weighted by Gasteiger charge is -2.17. The van der Waals surface area contributed by atoms with Gasteiger partial charge in [-0.25, -0.2) is 9.18 Å². The highest BCUT2D eigenvalue weighted by Gasteiger charge is 2.42. The van der Waals surface area contributed by atoms with Gasteiger partial charge in [0.25, 0.3) is 0 Å². The van der Waals surface area contributed by atoms with E-state index in [0.717, 1.165) is 12.1 Å². The van der Waals surface area contributed by atoms with Crippen molar-refractivity contribution in [2.45, 2.75) is 18.7 Å². The summed E-state index contributed by atoms with van der Waals surface area (Å²) in [4.78, 5) is 10.7. The van der Waals surface area contributed by atoms with Crippen LogP contribution in [0.4, 0.5) is 17.6 Å². The second-order valence-electron chi connectivity index (χ2n) is 3.47. The molecule has 0 aliphatic heterocycles. The third-order valence-electron chi connectivity index (χ3n) is 2.08. The van der Waals surface area contributed by atoms with Crippen LogP contribution in [0.5, 0.6) is 0 Å². The Morgan fingerprint density at radius 1 is 1.44 bits per heavy atom. The Balaban J connectivity index is 2.90. The van der Waals surface area contributed by atoms with E-state index in [1.807, 2.05) is 0 Å². The smallest absolute Gasteiger partial charge is 0.451 e. The van der Waals surface area contributed by atoms with Crippen molar-refractivity contribution >= 4 is 5.97 Å². The maximum atomic E-state index is 13.0. The molecule has 0 saturated heterocycles. The quantitative estimate of drug-likeness (QED) is 0.471. The monoisotopic (exact) mass is 262 g/mol. The third kappa shape index (κ3) is 3.87. The van der Waals surface area contributed by atoms with E-state index in [1.54, 1.807) is 0 Å². The normalized spacial score (nSPS) is 12.9. The maximum Gasteiger partial charge on any atom is 0.490 e. The van der Waals surface area contributed by atoms with Crippen molar-refractivity contribution in [1.29, 1.82) is 0 Å². The summed E-state index contributed by atoms with van der Waals surface area (Å²) in [5, 5.41) is 0. The van der Waals surface area contributed by atoms with Crippen LogP contribution in [-0.2, 0) is 9.53 Å². The molecule has 0 radical (unpaired) electrons. The fraction of sp³-hybridized carbons (Fsp3) is 0.250. The molecule has 2 nitrogen and oxygen atoms in total. The summed E-state index contributed by atoms with van der Waals surface area (Å²) in [6, 6.07) is 4.85. The number of ether oxygens (including phenoxy) is 1. The van der Waals surface area contributed by atoms with Crippen LogP contribution in [0.2, 0.25) is 0 Å². The van der Waals surface area contributed by atoms with Crippen LogP contribution in [0.3, 0.4) is 0 Å². The Morgan fingerprint density at radius 2 is 2.11 bits per heavy atom. The number of rotatable bonds is 4. The molecule has 0 heterocycles. The number of carbonyl (C=O) groups excluding carboxylic acids is 1. The molecule has 1 rings (SSSR count). The minimum atomic E-state index is -5.08. The first-order valence-electron chi connectivity index (χ1n) is 4.98. The molecule has 0 aliphatic carbocycles. The molecule has 0 aliphatic rings. The first kappa shape index (κ1) is 14.2. The number of hydrogen-bond donors (Lipinski definition) is 0. The molecule has 1 aromatic carbocycles. The number of hydrogen-bond acceptors (Lipinski definition) is 2. The van der Waals surface area contributed by atoms with Crippen LogP contribution in [0.1, 0.15) is 18.1 Å². The number of esters is 1. The minimum absolute atomic E-state index is 0.0364. The Labute approximate surface area is 101 Å². The Hall–Kier alpha value is -1.85. The van der Waals surface area contributed by atoms with Crippen molar-refractivity contribution in [3.63, 3.8) is 0 Å². The molecule has 1 unspecified atom stereocenters. The molecule has 1 aromatic rings. The van der Waals surface area contributed by atoms with Gasteiger partial charge < -0.3 is 4.74 Å². The van der Waals surface area contributed by atoms with Gasteiger partial charge in [-0.3, -0.25) is 0 Å². The van der Waals surface area contributed by atoms with Crippen LogP contribution >= 0.6 is 0 Å². The summed E-state index contributed by atoms with van der Waals surface area (Å²) >= 11 is 0. The van der Waals surface area contributed by atoms with Crippen LogP contribution in [-0.4, -0.2) is 12.1 Å². The third-order valence-corrected chi connectivity index (χ3v) is 2.08. The molecule has 0 aromatic heterocycles.